The molecule has 0 spiro atoms. The summed E-state index contributed by atoms with van der Waals surface area (Å²) in [5.74, 6) is -0.760. The number of nitrogens with one attached hydrogen (secondary N) is 1. The lowest BCUT2D eigenvalue weighted by atomic mass is 10.1. The number of hydrogen-bond acceptors (Lipinski definition) is 3. The molecule has 1 aromatic rings. The van der Waals surface area contributed by atoms with Crippen molar-refractivity contribution in [3.05, 3.63) is 35.9 Å². The third-order valence-electron chi connectivity index (χ3n) is 3.72. The van der Waals surface area contributed by atoms with E-state index in [1.807, 2.05) is 6.07 Å². The van der Waals surface area contributed by atoms with E-state index in [-0.39, 0.29) is 6.42 Å². The van der Waals surface area contributed by atoms with Crippen LogP contribution in [0.15, 0.2) is 30.3 Å². The van der Waals surface area contributed by atoms with Gasteiger partial charge in [0.15, 0.2) is 0 Å². The van der Waals surface area contributed by atoms with Crippen LogP contribution in [0.3, 0.4) is 0 Å². The molecular weight excluding hydrogens is 304 g/mol. The second-order valence-electron chi connectivity index (χ2n) is 5.60. The van der Waals surface area contributed by atoms with Crippen molar-refractivity contribution in [2.45, 2.75) is 32.2 Å². The van der Waals surface area contributed by atoms with Gasteiger partial charge in [0, 0.05) is 13.1 Å². The van der Waals surface area contributed by atoms with E-state index >= 15 is 0 Å². The predicted molar refractivity (Wildman–Crippen MR) is 83.6 cm³/mol. The van der Waals surface area contributed by atoms with E-state index in [4.69, 9.17) is 0 Å². The van der Waals surface area contributed by atoms with E-state index in [2.05, 4.69) is 4.72 Å². The highest BCUT2D eigenvalue weighted by Crippen LogP contribution is 2.30. The smallest absolute Gasteiger partial charge is 0.322 e. The zero-order chi connectivity index (χ0) is 16.2. The highest BCUT2D eigenvalue weighted by atomic mass is 32.2. The average molecular weight is 326 g/mol. The van der Waals surface area contributed by atoms with Crippen LogP contribution in [0.25, 0.3) is 0 Å². The maximum absolute atomic E-state index is 12.4. The SMILES string of the molecule is CCN(CC1CC1)S(=O)(=O)N[C@H](Cc1ccccc1)C(=O)O. The molecule has 7 heteroatoms. The van der Waals surface area contributed by atoms with Crippen molar-refractivity contribution in [3.63, 3.8) is 0 Å². The number of aliphatic carboxylic acids is 1. The standard InChI is InChI=1S/C15H22N2O4S/c1-2-17(11-13-8-9-13)22(20,21)16-14(15(18)19)10-12-6-4-3-5-7-12/h3-7,13-14,16H,2,8-11H2,1H3,(H,18,19)/t14-/m1/s1. The highest BCUT2D eigenvalue weighted by Gasteiger charge is 2.32. The first-order valence-electron chi connectivity index (χ1n) is 7.46. The third kappa shape index (κ3) is 4.79. The molecule has 0 radical (unpaired) electrons. The molecule has 1 atom stereocenters. The summed E-state index contributed by atoms with van der Waals surface area (Å²) in [6, 6.07) is 7.83. The van der Waals surface area contributed by atoms with Gasteiger partial charge in [0.05, 0.1) is 0 Å². The number of carboxylic acid groups (broad SMARTS) is 1. The molecule has 0 aromatic heterocycles. The topological polar surface area (TPSA) is 86.7 Å². The zero-order valence-corrected chi connectivity index (χ0v) is 13.4. The Morgan fingerprint density at radius 2 is 2.00 bits per heavy atom. The van der Waals surface area contributed by atoms with Crippen molar-refractivity contribution in [3.8, 4) is 0 Å². The molecule has 2 N–H and O–H groups in total. The van der Waals surface area contributed by atoms with Gasteiger partial charge < -0.3 is 5.11 Å². The molecule has 1 fully saturated rings. The summed E-state index contributed by atoms with van der Waals surface area (Å²) in [5, 5.41) is 9.30. The molecule has 1 aliphatic rings. The van der Waals surface area contributed by atoms with E-state index < -0.39 is 22.2 Å². The molecule has 22 heavy (non-hydrogen) atoms. The van der Waals surface area contributed by atoms with Gasteiger partial charge in [-0.25, -0.2) is 0 Å². The van der Waals surface area contributed by atoms with Gasteiger partial charge in [-0.15, -0.1) is 0 Å². The second-order valence-corrected chi connectivity index (χ2v) is 7.30. The van der Waals surface area contributed by atoms with Crippen LogP contribution >= 0.6 is 0 Å². The molecule has 1 aliphatic carbocycles. The summed E-state index contributed by atoms with van der Waals surface area (Å²) < 4.78 is 28.4. The van der Waals surface area contributed by atoms with Crippen LogP contribution in [0.1, 0.15) is 25.3 Å². The maximum atomic E-state index is 12.4. The summed E-state index contributed by atoms with van der Waals surface area (Å²) in [6.45, 7) is 2.56. The van der Waals surface area contributed by atoms with Gasteiger partial charge in [-0.1, -0.05) is 37.3 Å². The van der Waals surface area contributed by atoms with Crippen molar-refractivity contribution < 1.29 is 18.3 Å². The van der Waals surface area contributed by atoms with Crippen molar-refractivity contribution in [1.82, 2.24) is 9.03 Å². The predicted octanol–water partition coefficient (Wildman–Crippen LogP) is 1.25. The van der Waals surface area contributed by atoms with E-state index in [1.165, 1.54) is 4.31 Å². The van der Waals surface area contributed by atoms with Crippen LogP contribution in [0.4, 0.5) is 0 Å². The number of hydrogen-bond donors (Lipinski definition) is 2. The molecule has 0 heterocycles. The number of benzene rings is 1. The Labute approximate surface area is 131 Å². The molecule has 1 saturated carbocycles. The molecule has 2 rings (SSSR count). The highest BCUT2D eigenvalue weighted by molar-refractivity contribution is 7.87. The quantitative estimate of drug-likeness (QED) is 0.715. The molecule has 0 bridgehead atoms. The average Bonchev–Trinajstić information content (AvgIpc) is 3.28. The lowest BCUT2D eigenvalue weighted by Crippen LogP contribution is -2.49. The molecule has 0 aliphatic heterocycles. The normalized spacial score (nSPS) is 16.6. The van der Waals surface area contributed by atoms with E-state index in [0.717, 1.165) is 18.4 Å². The van der Waals surface area contributed by atoms with E-state index in [1.54, 1.807) is 31.2 Å². The lowest BCUT2D eigenvalue weighted by Gasteiger charge is -2.23. The summed E-state index contributed by atoms with van der Waals surface area (Å²) in [5.41, 5.74) is 0.780. The molecule has 1 aromatic carbocycles. The van der Waals surface area contributed by atoms with Gasteiger partial charge in [-0.3, -0.25) is 4.79 Å². The molecule has 122 valence electrons. The Kier molecular flexibility index (Phi) is 5.55. The fourth-order valence-electron chi connectivity index (χ4n) is 2.27. The van der Waals surface area contributed by atoms with Gasteiger partial charge in [0.1, 0.15) is 6.04 Å². The Hall–Kier alpha value is -1.44. The molecule has 6 nitrogen and oxygen atoms in total. The largest absolute Gasteiger partial charge is 0.480 e. The van der Waals surface area contributed by atoms with E-state index in [9.17, 15) is 18.3 Å². The third-order valence-corrected chi connectivity index (χ3v) is 5.39. The van der Waals surface area contributed by atoms with Crippen LogP contribution in [-0.2, 0) is 21.4 Å². The first-order valence-corrected chi connectivity index (χ1v) is 8.90. The molecular formula is C15H22N2O4S. The summed E-state index contributed by atoms with van der Waals surface area (Å²) in [4.78, 5) is 11.4. The van der Waals surface area contributed by atoms with Crippen molar-refractivity contribution >= 4 is 16.2 Å². The summed E-state index contributed by atoms with van der Waals surface area (Å²) in [6.07, 6.45) is 2.20. The molecule has 0 amide bonds. The van der Waals surface area contributed by atoms with E-state index in [0.29, 0.717) is 19.0 Å². The Bertz CT molecular complexity index is 599. The number of nitrogens with zero attached hydrogens (tertiary/aromatic N) is 1. The van der Waals surface area contributed by atoms with Crippen molar-refractivity contribution in [2.24, 2.45) is 5.92 Å². The van der Waals surface area contributed by atoms with Crippen LogP contribution in [-0.4, -0.2) is 42.9 Å². The Morgan fingerprint density at radius 1 is 1.36 bits per heavy atom. The van der Waals surface area contributed by atoms with Crippen LogP contribution in [0, 0.1) is 5.92 Å². The van der Waals surface area contributed by atoms with Gasteiger partial charge in [0.25, 0.3) is 10.2 Å². The number of carbonyl (C=O) groups is 1. The first kappa shape index (κ1) is 16.9. The Morgan fingerprint density at radius 3 is 2.50 bits per heavy atom. The molecule has 0 unspecified atom stereocenters. The van der Waals surface area contributed by atoms with Crippen LogP contribution < -0.4 is 4.72 Å². The maximum Gasteiger partial charge on any atom is 0.322 e. The summed E-state index contributed by atoms with van der Waals surface area (Å²) >= 11 is 0. The minimum absolute atomic E-state index is 0.121. The van der Waals surface area contributed by atoms with Gasteiger partial charge in [-0.2, -0.15) is 17.4 Å². The van der Waals surface area contributed by atoms with Gasteiger partial charge in [0.2, 0.25) is 0 Å². The summed E-state index contributed by atoms with van der Waals surface area (Å²) in [7, 11) is -3.79. The van der Waals surface area contributed by atoms with Crippen LogP contribution in [0.5, 0.6) is 0 Å². The van der Waals surface area contributed by atoms with Crippen LogP contribution in [0.2, 0.25) is 0 Å². The minimum atomic E-state index is -3.79. The van der Waals surface area contributed by atoms with Gasteiger partial charge >= 0.3 is 5.97 Å². The minimum Gasteiger partial charge on any atom is -0.480 e. The lowest BCUT2D eigenvalue weighted by molar-refractivity contribution is -0.138. The fourth-order valence-corrected chi connectivity index (χ4v) is 3.71. The second kappa shape index (κ2) is 7.21. The monoisotopic (exact) mass is 326 g/mol. The number of carboxylic acids is 1. The first-order chi connectivity index (χ1) is 10.4. The Balaban J connectivity index is 2.06. The fraction of sp³-hybridized carbons (Fsp3) is 0.533. The molecule has 0 saturated heterocycles. The van der Waals surface area contributed by atoms with Gasteiger partial charge in [-0.05, 0) is 30.7 Å². The van der Waals surface area contributed by atoms with Crippen molar-refractivity contribution in [1.29, 1.82) is 0 Å². The van der Waals surface area contributed by atoms with Crippen molar-refractivity contribution in [2.75, 3.05) is 13.1 Å². The number of rotatable bonds is 9. The zero-order valence-electron chi connectivity index (χ0n) is 12.6.